The van der Waals surface area contributed by atoms with Crippen LogP contribution < -0.4 is 9.62 Å². The first-order chi connectivity index (χ1) is 14.4. The Morgan fingerprint density at radius 2 is 1.67 bits per heavy atom. The molecule has 0 radical (unpaired) electrons. The van der Waals surface area contributed by atoms with Crippen molar-refractivity contribution in [2.75, 3.05) is 31.1 Å². The molecule has 1 heterocycles. The molecule has 4 rings (SSSR count). The van der Waals surface area contributed by atoms with Crippen LogP contribution in [0.15, 0.2) is 53.4 Å². The Morgan fingerprint density at radius 3 is 2.30 bits per heavy atom. The summed E-state index contributed by atoms with van der Waals surface area (Å²) in [5.74, 6) is -0.176. The molecule has 0 spiro atoms. The Labute approximate surface area is 176 Å². The molecule has 0 atom stereocenters. The summed E-state index contributed by atoms with van der Waals surface area (Å²) in [5.41, 5.74) is 1.51. The van der Waals surface area contributed by atoms with Gasteiger partial charge in [0.15, 0.2) is 0 Å². The van der Waals surface area contributed by atoms with Crippen LogP contribution in [-0.4, -0.2) is 51.4 Å². The summed E-state index contributed by atoms with van der Waals surface area (Å²) in [4.78, 5) is 16.6. The van der Waals surface area contributed by atoms with Crippen molar-refractivity contribution in [3.05, 3.63) is 59.9 Å². The average molecular weight is 432 g/mol. The number of piperazine rings is 1. The number of carbonyl (C=O) groups is 1. The minimum absolute atomic E-state index is 0.0651. The Kier molecular flexibility index (Phi) is 6.06. The predicted molar refractivity (Wildman–Crippen MR) is 113 cm³/mol. The van der Waals surface area contributed by atoms with E-state index < -0.39 is 10.0 Å². The van der Waals surface area contributed by atoms with Gasteiger partial charge in [-0.3, -0.25) is 4.79 Å². The van der Waals surface area contributed by atoms with Crippen LogP contribution in [0.25, 0.3) is 0 Å². The number of sulfonamides is 1. The summed E-state index contributed by atoms with van der Waals surface area (Å²) in [7, 11) is -3.45. The number of para-hydroxylation sites is 1. The largest absolute Gasteiger partial charge is 0.366 e. The SMILES string of the molecule is O=C(CCc1ccc(S(=O)(=O)NC2CC2)cc1)N1CCN(c2ccccc2F)CC1. The van der Waals surface area contributed by atoms with E-state index in [1.807, 2.05) is 15.9 Å². The molecule has 1 saturated carbocycles. The third-order valence-electron chi connectivity index (χ3n) is 5.59. The third kappa shape index (κ3) is 4.99. The lowest BCUT2D eigenvalue weighted by Crippen LogP contribution is -2.49. The zero-order chi connectivity index (χ0) is 21.1. The van der Waals surface area contributed by atoms with Crippen molar-refractivity contribution in [1.82, 2.24) is 9.62 Å². The molecule has 0 unspecified atom stereocenters. The molecule has 2 aliphatic rings. The predicted octanol–water partition coefficient (Wildman–Crippen LogP) is 2.55. The molecule has 2 aromatic carbocycles. The highest BCUT2D eigenvalue weighted by atomic mass is 32.2. The molecule has 2 aromatic rings. The van der Waals surface area contributed by atoms with Crippen LogP contribution in [0.3, 0.4) is 0 Å². The Morgan fingerprint density at radius 1 is 1.00 bits per heavy atom. The van der Waals surface area contributed by atoms with Crippen molar-refractivity contribution in [2.24, 2.45) is 0 Å². The van der Waals surface area contributed by atoms with E-state index in [2.05, 4.69) is 4.72 Å². The zero-order valence-corrected chi connectivity index (χ0v) is 17.6. The number of nitrogens with one attached hydrogen (secondary N) is 1. The highest BCUT2D eigenvalue weighted by Gasteiger charge is 2.28. The minimum atomic E-state index is -3.45. The Hall–Kier alpha value is -2.45. The van der Waals surface area contributed by atoms with Crippen molar-refractivity contribution < 1.29 is 17.6 Å². The topological polar surface area (TPSA) is 69.7 Å². The van der Waals surface area contributed by atoms with E-state index in [1.165, 1.54) is 6.07 Å². The van der Waals surface area contributed by atoms with E-state index in [1.54, 1.807) is 36.4 Å². The van der Waals surface area contributed by atoms with Gasteiger partial charge in [0.1, 0.15) is 5.82 Å². The average Bonchev–Trinajstić information content (AvgIpc) is 3.56. The number of amides is 1. The van der Waals surface area contributed by atoms with E-state index in [0.29, 0.717) is 44.7 Å². The normalized spacial score (nSPS) is 17.2. The number of hydrogen-bond acceptors (Lipinski definition) is 4. The maximum Gasteiger partial charge on any atom is 0.240 e. The standard InChI is InChI=1S/C22H26FN3O3S/c23-20-3-1-2-4-21(20)25-13-15-26(16-14-25)22(27)12-7-17-5-10-19(11-6-17)30(28,29)24-18-8-9-18/h1-6,10-11,18,24H,7-9,12-16H2. The summed E-state index contributed by atoms with van der Waals surface area (Å²) in [5, 5.41) is 0. The van der Waals surface area contributed by atoms with E-state index in [4.69, 9.17) is 0 Å². The third-order valence-corrected chi connectivity index (χ3v) is 7.12. The number of anilines is 1. The first-order valence-electron chi connectivity index (χ1n) is 10.3. The van der Waals surface area contributed by atoms with Gasteiger partial charge in [-0.1, -0.05) is 24.3 Å². The second kappa shape index (κ2) is 8.73. The minimum Gasteiger partial charge on any atom is -0.366 e. The number of benzene rings is 2. The van der Waals surface area contributed by atoms with Crippen molar-refractivity contribution in [3.8, 4) is 0 Å². The molecular formula is C22H26FN3O3S. The summed E-state index contributed by atoms with van der Waals surface area (Å²) in [6, 6.07) is 13.5. The molecule has 1 saturated heterocycles. The van der Waals surface area contributed by atoms with Crippen LogP contribution in [0.4, 0.5) is 10.1 Å². The van der Waals surface area contributed by atoms with Crippen LogP contribution in [0.1, 0.15) is 24.8 Å². The van der Waals surface area contributed by atoms with Gasteiger partial charge < -0.3 is 9.80 Å². The van der Waals surface area contributed by atoms with Gasteiger partial charge in [0.25, 0.3) is 0 Å². The van der Waals surface area contributed by atoms with Crippen LogP contribution in [0, 0.1) is 5.82 Å². The van der Waals surface area contributed by atoms with Gasteiger partial charge in [0.05, 0.1) is 10.6 Å². The zero-order valence-electron chi connectivity index (χ0n) is 16.8. The number of aryl methyl sites for hydroxylation is 1. The van der Waals surface area contributed by atoms with Gasteiger partial charge >= 0.3 is 0 Å². The summed E-state index contributed by atoms with van der Waals surface area (Å²) in [6.45, 7) is 2.34. The Bertz CT molecular complexity index is 999. The molecule has 30 heavy (non-hydrogen) atoms. The molecule has 2 fully saturated rings. The number of halogens is 1. The number of nitrogens with zero attached hydrogens (tertiary/aromatic N) is 2. The molecule has 1 amide bonds. The maximum atomic E-state index is 13.9. The number of rotatable bonds is 7. The fourth-order valence-corrected chi connectivity index (χ4v) is 4.94. The first-order valence-corrected chi connectivity index (χ1v) is 11.8. The van der Waals surface area contributed by atoms with E-state index in [0.717, 1.165) is 18.4 Å². The smallest absolute Gasteiger partial charge is 0.240 e. The summed E-state index contributed by atoms with van der Waals surface area (Å²) >= 11 is 0. The van der Waals surface area contributed by atoms with Crippen molar-refractivity contribution >= 4 is 21.6 Å². The van der Waals surface area contributed by atoms with E-state index in [-0.39, 0.29) is 22.7 Å². The molecule has 0 bridgehead atoms. The second-order valence-corrected chi connectivity index (χ2v) is 9.57. The number of hydrogen-bond donors (Lipinski definition) is 1. The lowest BCUT2D eigenvalue weighted by Gasteiger charge is -2.36. The van der Waals surface area contributed by atoms with Crippen molar-refractivity contribution in [2.45, 2.75) is 36.6 Å². The first kappa shape index (κ1) is 20.8. The Balaban J connectivity index is 1.26. The summed E-state index contributed by atoms with van der Waals surface area (Å²) < 4.78 is 41.0. The highest BCUT2D eigenvalue weighted by molar-refractivity contribution is 7.89. The fourth-order valence-electron chi connectivity index (χ4n) is 3.64. The van der Waals surface area contributed by atoms with Gasteiger partial charge in [-0.05, 0) is 49.1 Å². The lowest BCUT2D eigenvalue weighted by atomic mass is 10.1. The second-order valence-electron chi connectivity index (χ2n) is 7.86. The van der Waals surface area contributed by atoms with Gasteiger partial charge in [-0.2, -0.15) is 0 Å². The molecule has 8 heteroatoms. The molecule has 6 nitrogen and oxygen atoms in total. The van der Waals surface area contributed by atoms with E-state index >= 15 is 0 Å². The van der Waals surface area contributed by atoms with Crippen LogP contribution in [0.5, 0.6) is 0 Å². The van der Waals surface area contributed by atoms with E-state index in [9.17, 15) is 17.6 Å². The van der Waals surface area contributed by atoms with Crippen LogP contribution in [-0.2, 0) is 21.2 Å². The van der Waals surface area contributed by atoms with Gasteiger partial charge in [0, 0.05) is 38.6 Å². The molecule has 1 N–H and O–H groups in total. The highest BCUT2D eigenvalue weighted by Crippen LogP contribution is 2.23. The van der Waals surface area contributed by atoms with Gasteiger partial charge in [-0.15, -0.1) is 0 Å². The van der Waals surface area contributed by atoms with Crippen LogP contribution in [0.2, 0.25) is 0 Å². The molecular weight excluding hydrogens is 405 g/mol. The molecule has 0 aromatic heterocycles. The van der Waals surface area contributed by atoms with Crippen LogP contribution >= 0.6 is 0 Å². The molecule has 1 aliphatic heterocycles. The number of carbonyl (C=O) groups excluding carboxylic acids is 1. The van der Waals surface area contributed by atoms with Crippen molar-refractivity contribution in [1.29, 1.82) is 0 Å². The maximum absolute atomic E-state index is 13.9. The fraction of sp³-hybridized carbons (Fsp3) is 0.409. The van der Waals surface area contributed by atoms with Gasteiger partial charge in [-0.25, -0.2) is 17.5 Å². The lowest BCUT2D eigenvalue weighted by molar-refractivity contribution is -0.131. The molecule has 160 valence electrons. The monoisotopic (exact) mass is 431 g/mol. The summed E-state index contributed by atoms with van der Waals surface area (Å²) in [6.07, 6.45) is 2.72. The van der Waals surface area contributed by atoms with Gasteiger partial charge in [0.2, 0.25) is 15.9 Å². The quantitative estimate of drug-likeness (QED) is 0.732. The van der Waals surface area contributed by atoms with Crippen molar-refractivity contribution in [3.63, 3.8) is 0 Å². The molecule has 1 aliphatic carbocycles.